The lowest BCUT2D eigenvalue weighted by Gasteiger charge is -2.56. The van der Waals surface area contributed by atoms with E-state index < -0.39 is 0 Å². The molecule has 1 unspecified atom stereocenters. The third kappa shape index (κ3) is 1.76. The summed E-state index contributed by atoms with van der Waals surface area (Å²) in [5.74, 6) is 3.07. The Hall–Kier alpha value is -0.0800. The Morgan fingerprint density at radius 2 is 1.94 bits per heavy atom. The Labute approximate surface area is 105 Å². The number of rotatable bonds is 0. The molecule has 1 N–H and O–H groups in total. The Balaban J connectivity index is 1.56. The minimum absolute atomic E-state index is 0.886. The van der Waals surface area contributed by atoms with Crippen LogP contribution in [0.5, 0.6) is 0 Å². The second-order valence-electron chi connectivity index (χ2n) is 6.92. The highest BCUT2D eigenvalue weighted by Crippen LogP contribution is 2.46. The SMILES string of the molecule is C1CNC2C[C@H]3C[C@@H](CN4CCCC[C@@H]34)[C@H]2C1. The molecule has 4 aliphatic rings. The molecule has 2 nitrogen and oxygen atoms in total. The molecule has 3 aliphatic heterocycles. The van der Waals surface area contributed by atoms with Crippen molar-refractivity contribution in [1.82, 2.24) is 10.2 Å². The fourth-order valence-corrected chi connectivity index (χ4v) is 5.39. The van der Waals surface area contributed by atoms with Crippen LogP contribution in [-0.4, -0.2) is 36.6 Å². The molecule has 0 aromatic rings. The van der Waals surface area contributed by atoms with Crippen LogP contribution in [0.2, 0.25) is 0 Å². The van der Waals surface area contributed by atoms with Crippen LogP contribution in [0, 0.1) is 17.8 Å². The molecule has 0 spiro atoms. The van der Waals surface area contributed by atoms with E-state index in [1.807, 2.05) is 0 Å². The molecular weight excluding hydrogens is 208 g/mol. The van der Waals surface area contributed by atoms with Crippen molar-refractivity contribution in [3.8, 4) is 0 Å². The molecule has 17 heavy (non-hydrogen) atoms. The average Bonchev–Trinajstić information content (AvgIpc) is 2.39. The third-order valence-corrected chi connectivity index (χ3v) is 6.08. The average molecular weight is 234 g/mol. The van der Waals surface area contributed by atoms with Crippen LogP contribution in [0.3, 0.4) is 0 Å². The molecule has 3 saturated heterocycles. The van der Waals surface area contributed by atoms with Crippen molar-refractivity contribution in [2.24, 2.45) is 17.8 Å². The van der Waals surface area contributed by atoms with E-state index >= 15 is 0 Å². The molecule has 5 atom stereocenters. The third-order valence-electron chi connectivity index (χ3n) is 6.08. The van der Waals surface area contributed by atoms with E-state index in [1.54, 1.807) is 6.42 Å². The number of nitrogens with zero attached hydrogens (tertiary/aromatic N) is 1. The Morgan fingerprint density at radius 3 is 2.94 bits per heavy atom. The molecule has 2 bridgehead atoms. The highest BCUT2D eigenvalue weighted by molar-refractivity contribution is 5.01. The van der Waals surface area contributed by atoms with Gasteiger partial charge in [0.1, 0.15) is 0 Å². The van der Waals surface area contributed by atoms with Gasteiger partial charge < -0.3 is 5.32 Å². The van der Waals surface area contributed by atoms with Gasteiger partial charge in [-0.25, -0.2) is 0 Å². The summed E-state index contributed by atoms with van der Waals surface area (Å²) < 4.78 is 0. The van der Waals surface area contributed by atoms with Gasteiger partial charge in [0.25, 0.3) is 0 Å². The molecule has 4 rings (SSSR count). The quantitative estimate of drug-likeness (QED) is 0.691. The molecule has 96 valence electrons. The van der Waals surface area contributed by atoms with Crippen LogP contribution in [0.25, 0.3) is 0 Å². The lowest BCUT2D eigenvalue weighted by atomic mass is 9.62. The number of hydrogen-bond donors (Lipinski definition) is 1. The van der Waals surface area contributed by atoms with Crippen LogP contribution in [-0.2, 0) is 0 Å². The number of piperidine rings is 3. The maximum atomic E-state index is 3.83. The van der Waals surface area contributed by atoms with Gasteiger partial charge in [-0.2, -0.15) is 0 Å². The summed E-state index contributed by atoms with van der Waals surface area (Å²) in [6.45, 7) is 4.13. The first-order valence-corrected chi connectivity index (χ1v) is 7.89. The zero-order valence-corrected chi connectivity index (χ0v) is 10.9. The van der Waals surface area contributed by atoms with E-state index in [9.17, 15) is 0 Å². The van der Waals surface area contributed by atoms with Crippen molar-refractivity contribution in [2.45, 2.75) is 57.0 Å². The van der Waals surface area contributed by atoms with Crippen molar-refractivity contribution in [2.75, 3.05) is 19.6 Å². The van der Waals surface area contributed by atoms with Gasteiger partial charge in [-0.1, -0.05) is 6.42 Å². The monoisotopic (exact) mass is 234 g/mol. The van der Waals surface area contributed by atoms with E-state index in [4.69, 9.17) is 0 Å². The van der Waals surface area contributed by atoms with Crippen molar-refractivity contribution in [3.05, 3.63) is 0 Å². The Morgan fingerprint density at radius 1 is 0.941 bits per heavy atom. The molecule has 1 saturated carbocycles. The van der Waals surface area contributed by atoms with Gasteiger partial charge in [0, 0.05) is 18.6 Å². The molecule has 2 heteroatoms. The van der Waals surface area contributed by atoms with E-state index in [1.165, 1.54) is 58.2 Å². The largest absolute Gasteiger partial charge is 0.314 e. The molecule has 0 aromatic heterocycles. The summed E-state index contributed by atoms with van der Waals surface area (Å²) in [6, 6.07) is 1.85. The summed E-state index contributed by atoms with van der Waals surface area (Å²) in [4.78, 5) is 2.87. The highest BCUT2D eigenvalue weighted by atomic mass is 15.2. The van der Waals surface area contributed by atoms with E-state index in [2.05, 4.69) is 10.2 Å². The smallest absolute Gasteiger partial charge is 0.0124 e. The summed E-state index contributed by atoms with van der Waals surface area (Å²) in [7, 11) is 0. The molecule has 0 radical (unpaired) electrons. The molecule has 3 heterocycles. The van der Waals surface area contributed by atoms with Gasteiger partial charge in [-0.15, -0.1) is 0 Å². The van der Waals surface area contributed by atoms with Crippen LogP contribution in [0.1, 0.15) is 44.9 Å². The predicted octanol–water partition coefficient (Wildman–Crippen LogP) is 2.25. The summed E-state index contributed by atoms with van der Waals surface area (Å²) >= 11 is 0. The fourth-order valence-electron chi connectivity index (χ4n) is 5.39. The first-order chi connectivity index (χ1) is 8.42. The maximum Gasteiger partial charge on any atom is 0.0124 e. The molecule has 0 amide bonds. The minimum Gasteiger partial charge on any atom is -0.314 e. The van der Waals surface area contributed by atoms with E-state index in [-0.39, 0.29) is 0 Å². The lowest BCUT2D eigenvalue weighted by Crippen LogP contribution is -2.60. The zero-order valence-electron chi connectivity index (χ0n) is 10.9. The topological polar surface area (TPSA) is 15.3 Å². The van der Waals surface area contributed by atoms with Gasteiger partial charge in [-0.3, -0.25) is 4.90 Å². The van der Waals surface area contributed by atoms with Crippen LogP contribution >= 0.6 is 0 Å². The first kappa shape index (κ1) is 10.8. The van der Waals surface area contributed by atoms with Gasteiger partial charge in [0.05, 0.1) is 0 Å². The number of hydrogen-bond acceptors (Lipinski definition) is 2. The fraction of sp³-hybridized carbons (Fsp3) is 1.00. The standard InChI is InChI=1S/C15H26N2/c1-2-7-17-10-12-8-11(15(17)5-1)9-14-13(12)4-3-6-16-14/h11-16H,1-10H2/t11-,12+,13-,14?,15+/m1/s1. The number of fused-ring (bicyclic) bond motifs is 6. The second kappa shape index (κ2) is 4.24. The number of nitrogens with one attached hydrogen (secondary N) is 1. The Bertz CT molecular complexity index is 263. The molecular formula is C15H26N2. The van der Waals surface area contributed by atoms with Gasteiger partial charge in [0.2, 0.25) is 0 Å². The van der Waals surface area contributed by atoms with Crippen molar-refractivity contribution < 1.29 is 0 Å². The van der Waals surface area contributed by atoms with Gasteiger partial charge in [0.15, 0.2) is 0 Å². The second-order valence-corrected chi connectivity index (χ2v) is 6.92. The maximum absolute atomic E-state index is 3.83. The lowest BCUT2D eigenvalue weighted by molar-refractivity contribution is -0.0440. The van der Waals surface area contributed by atoms with Crippen molar-refractivity contribution in [3.63, 3.8) is 0 Å². The van der Waals surface area contributed by atoms with Crippen molar-refractivity contribution >= 4 is 0 Å². The molecule has 0 aromatic carbocycles. The zero-order chi connectivity index (χ0) is 11.2. The Kier molecular flexibility index (Phi) is 2.69. The predicted molar refractivity (Wildman–Crippen MR) is 69.9 cm³/mol. The minimum atomic E-state index is 0.886. The molecule has 4 fully saturated rings. The summed E-state index contributed by atoms with van der Waals surface area (Å²) in [5, 5.41) is 3.83. The van der Waals surface area contributed by atoms with Gasteiger partial charge >= 0.3 is 0 Å². The van der Waals surface area contributed by atoms with Crippen LogP contribution in [0.4, 0.5) is 0 Å². The van der Waals surface area contributed by atoms with Gasteiger partial charge in [-0.05, 0) is 69.4 Å². The van der Waals surface area contributed by atoms with E-state index in [0.29, 0.717) is 0 Å². The van der Waals surface area contributed by atoms with Crippen LogP contribution < -0.4 is 5.32 Å². The van der Waals surface area contributed by atoms with Crippen molar-refractivity contribution in [1.29, 1.82) is 0 Å². The first-order valence-electron chi connectivity index (χ1n) is 7.89. The van der Waals surface area contributed by atoms with E-state index in [0.717, 1.165) is 29.8 Å². The normalized spacial score (nSPS) is 50.5. The molecule has 1 aliphatic carbocycles. The summed E-state index contributed by atoms with van der Waals surface area (Å²) in [6.07, 6.45) is 10.4. The highest BCUT2D eigenvalue weighted by Gasteiger charge is 2.47. The van der Waals surface area contributed by atoms with Crippen LogP contribution in [0.15, 0.2) is 0 Å². The summed E-state index contributed by atoms with van der Waals surface area (Å²) in [5.41, 5.74) is 0.